The molecule has 0 aromatic heterocycles. The normalized spacial score (nSPS) is 20.9. The molecule has 1 aliphatic heterocycles. The lowest BCUT2D eigenvalue weighted by Crippen LogP contribution is -2.56. The molecule has 0 aliphatic carbocycles. The van der Waals surface area contributed by atoms with Crippen molar-refractivity contribution in [3.05, 3.63) is 35.6 Å². The summed E-state index contributed by atoms with van der Waals surface area (Å²) in [5.74, 6) is -0.701. The van der Waals surface area contributed by atoms with Crippen LogP contribution >= 0.6 is 0 Å². The van der Waals surface area contributed by atoms with Crippen LogP contribution in [0.1, 0.15) is 31.9 Å². The van der Waals surface area contributed by atoms with Crippen molar-refractivity contribution in [1.82, 2.24) is 9.80 Å². The van der Waals surface area contributed by atoms with Gasteiger partial charge >= 0.3 is 0 Å². The van der Waals surface area contributed by atoms with Crippen molar-refractivity contribution >= 4 is 5.91 Å². The highest BCUT2D eigenvalue weighted by atomic mass is 19.1. The Balaban J connectivity index is 2.07. The van der Waals surface area contributed by atoms with E-state index in [0.29, 0.717) is 6.04 Å². The van der Waals surface area contributed by atoms with Crippen LogP contribution in [0.25, 0.3) is 0 Å². The van der Waals surface area contributed by atoms with Gasteiger partial charge < -0.3 is 10.5 Å². The Hall–Kier alpha value is -1.50. The molecule has 2 N–H and O–H groups in total. The fraction of sp³-hybridized carbons (Fsp3) is 0.611. The molecule has 24 heavy (non-hydrogen) atoms. The number of piperazine rings is 1. The molecule has 1 aromatic rings. The molecule has 0 radical (unpaired) electrons. The van der Waals surface area contributed by atoms with Crippen LogP contribution < -0.4 is 5.73 Å². The first-order chi connectivity index (χ1) is 11.6. The molecule has 2 rings (SSSR count). The van der Waals surface area contributed by atoms with E-state index in [1.807, 2.05) is 6.92 Å². The predicted molar refractivity (Wildman–Crippen MR) is 92.1 cm³/mol. The number of primary amides is 1. The Kier molecular flexibility index (Phi) is 7.15. The van der Waals surface area contributed by atoms with Gasteiger partial charge in [0.25, 0.3) is 0 Å². The van der Waals surface area contributed by atoms with Gasteiger partial charge in [-0.05, 0) is 31.0 Å². The van der Waals surface area contributed by atoms with E-state index in [9.17, 15) is 9.18 Å². The second-order valence-electron chi connectivity index (χ2n) is 6.15. The number of ether oxygens (including phenoxy) is 1. The third-order valence-corrected chi connectivity index (χ3v) is 4.65. The molecule has 1 amide bonds. The van der Waals surface area contributed by atoms with Gasteiger partial charge in [0.15, 0.2) is 0 Å². The van der Waals surface area contributed by atoms with Crippen LogP contribution in [-0.2, 0) is 9.53 Å². The largest absolute Gasteiger partial charge is 0.380 e. The third kappa shape index (κ3) is 4.75. The summed E-state index contributed by atoms with van der Waals surface area (Å²) in [5.41, 5.74) is 6.40. The van der Waals surface area contributed by atoms with Crippen LogP contribution in [0.5, 0.6) is 0 Å². The lowest BCUT2D eigenvalue weighted by molar-refractivity contribution is -0.125. The number of hydrogen-bond acceptors (Lipinski definition) is 4. The minimum Gasteiger partial charge on any atom is -0.380 e. The number of nitrogens with two attached hydrogens (primary N) is 1. The summed E-state index contributed by atoms with van der Waals surface area (Å²) >= 11 is 0. The van der Waals surface area contributed by atoms with E-state index in [1.165, 1.54) is 12.1 Å². The SMILES string of the molecule is CCOCCN1CCN([C@H](C(N)=O)c2ccc(F)cc2)C[C@H]1CC. The maximum absolute atomic E-state index is 13.2. The number of amides is 1. The topological polar surface area (TPSA) is 58.8 Å². The molecule has 0 unspecified atom stereocenters. The van der Waals surface area contributed by atoms with E-state index in [4.69, 9.17) is 10.5 Å². The lowest BCUT2D eigenvalue weighted by atomic mass is 10.0. The lowest BCUT2D eigenvalue weighted by Gasteiger charge is -2.43. The van der Waals surface area contributed by atoms with Crippen LogP contribution in [-0.4, -0.2) is 61.1 Å². The second kappa shape index (κ2) is 9.11. The summed E-state index contributed by atoms with van der Waals surface area (Å²) in [4.78, 5) is 16.5. The van der Waals surface area contributed by atoms with Gasteiger partial charge in [-0.15, -0.1) is 0 Å². The van der Waals surface area contributed by atoms with Gasteiger partial charge in [0, 0.05) is 38.8 Å². The average molecular weight is 337 g/mol. The van der Waals surface area contributed by atoms with Gasteiger partial charge in [-0.25, -0.2) is 4.39 Å². The van der Waals surface area contributed by atoms with E-state index in [0.717, 1.165) is 51.4 Å². The smallest absolute Gasteiger partial charge is 0.239 e. The molecular weight excluding hydrogens is 309 g/mol. The van der Waals surface area contributed by atoms with Crippen molar-refractivity contribution in [2.45, 2.75) is 32.4 Å². The van der Waals surface area contributed by atoms with Crippen LogP contribution in [0.2, 0.25) is 0 Å². The fourth-order valence-electron chi connectivity index (χ4n) is 3.36. The molecule has 134 valence electrons. The molecule has 5 nitrogen and oxygen atoms in total. The highest BCUT2D eigenvalue weighted by molar-refractivity contribution is 5.81. The summed E-state index contributed by atoms with van der Waals surface area (Å²) in [7, 11) is 0. The molecule has 0 bridgehead atoms. The third-order valence-electron chi connectivity index (χ3n) is 4.65. The first-order valence-corrected chi connectivity index (χ1v) is 8.67. The summed E-state index contributed by atoms with van der Waals surface area (Å²) in [6, 6.07) is 5.90. The zero-order valence-corrected chi connectivity index (χ0v) is 14.6. The Labute approximate surface area is 143 Å². The maximum atomic E-state index is 13.2. The molecule has 1 fully saturated rings. The van der Waals surface area contributed by atoms with E-state index in [-0.39, 0.29) is 11.7 Å². The van der Waals surface area contributed by atoms with Crippen molar-refractivity contribution < 1.29 is 13.9 Å². The number of benzene rings is 1. The predicted octanol–water partition coefficient (Wildman–Crippen LogP) is 1.78. The fourth-order valence-corrected chi connectivity index (χ4v) is 3.36. The standard InChI is InChI=1S/C18H28FN3O2/c1-3-16-13-22(10-9-21(16)11-12-24-4-2)17(18(20)23)14-5-7-15(19)8-6-14/h5-8,16-17H,3-4,9-13H2,1-2H3,(H2,20,23)/t16-,17+/m1/s1. The van der Waals surface area contributed by atoms with Gasteiger partial charge in [-0.2, -0.15) is 0 Å². The molecule has 2 atom stereocenters. The Morgan fingerprint density at radius 1 is 1.33 bits per heavy atom. The maximum Gasteiger partial charge on any atom is 0.239 e. The number of carbonyl (C=O) groups excluding carboxylic acids is 1. The van der Waals surface area contributed by atoms with Crippen molar-refractivity contribution in [3.63, 3.8) is 0 Å². The van der Waals surface area contributed by atoms with E-state index < -0.39 is 6.04 Å². The number of halogens is 1. The van der Waals surface area contributed by atoms with Gasteiger partial charge in [0.1, 0.15) is 11.9 Å². The summed E-state index contributed by atoms with van der Waals surface area (Å²) in [5, 5.41) is 0. The van der Waals surface area contributed by atoms with Crippen LogP contribution in [0, 0.1) is 5.82 Å². The number of carbonyl (C=O) groups is 1. The van der Waals surface area contributed by atoms with Gasteiger partial charge in [0.05, 0.1) is 6.61 Å². The molecule has 1 saturated heterocycles. The van der Waals surface area contributed by atoms with Crippen LogP contribution in [0.4, 0.5) is 4.39 Å². The van der Waals surface area contributed by atoms with Crippen LogP contribution in [0.3, 0.4) is 0 Å². The zero-order chi connectivity index (χ0) is 17.5. The van der Waals surface area contributed by atoms with E-state index >= 15 is 0 Å². The minimum atomic E-state index is -0.506. The minimum absolute atomic E-state index is 0.311. The van der Waals surface area contributed by atoms with Crippen molar-refractivity contribution in [1.29, 1.82) is 0 Å². The molecule has 0 saturated carbocycles. The average Bonchev–Trinajstić information content (AvgIpc) is 2.57. The summed E-state index contributed by atoms with van der Waals surface area (Å²) < 4.78 is 18.6. The number of hydrogen-bond donors (Lipinski definition) is 1. The summed E-state index contributed by atoms with van der Waals surface area (Å²) in [6.45, 7) is 8.90. The number of rotatable bonds is 8. The van der Waals surface area contributed by atoms with Crippen molar-refractivity contribution in [3.8, 4) is 0 Å². The molecule has 1 aromatic carbocycles. The first kappa shape index (κ1) is 18.8. The van der Waals surface area contributed by atoms with E-state index in [1.54, 1.807) is 12.1 Å². The monoisotopic (exact) mass is 337 g/mol. The van der Waals surface area contributed by atoms with E-state index in [2.05, 4.69) is 16.7 Å². The van der Waals surface area contributed by atoms with Gasteiger partial charge in [-0.3, -0.25) is 14.6 Å². The Morgan fingerprint density at radius 2 is 2.04 bits per heavy atom. The van der Waals surface area contributed by atoms with Gasteiger partial charge in [0.2, 0.25) is 5.91 Å². The number of nitrogens with zero attached hydrogens (tertiary/aromatic N) is 2. The molecular formula is C18H28FN3O2. The quantitative estimate of drug-likeness (QED) is 0.735. The van der Waals surface area contributed by atoms with Crippen molar-refractivity contribution in [2.75, 3.05) is 39.4 Å². The highest BCUT2D eigenvalue weighted by Gasteiger charge is 2.33. The Morgan fingerprint density at radius 3 is 2.62 bits per heavy atom. The van der Waals surface area contributed by atoms with Crippen molar-refractivity contribution in [2.24, 2.45) is 5.73 Å². The molecule has 6 heteroatoms. The molecule has 1 heterocycles. The highest BCUT2D eigenvalue weighted by Crippen LogP contribution is 2.25. The summed E-state index contributed by atoms with van der Waals surface area (Å²) in [6.07, 6.45) is 0.998. The Bertz CT molecular complexity index is 524. The second-order valence-corrected chi connectivity index (χ2v) is 6.15. The molecule has 0 spiro atoms. The zero-order valence-electron chi connectivity index (χ0n) is 14.6. The molecule has 1 aliphatic rings. The first-order valence-electron chi connectivity index (χ1n) is 8.67. The van der Waals surface area contributed by atoms with Gasteiger partial charge in [-0.1, -0.05) is 19.1 Å². The van der Waals surface area contributed by atoms with Crippen LogP contribution in [0.15, 0.2) is 24.3 Å².